The minimum Gasteiger partial charge on any atom is -0.481 e. The van der Waals surface area contributed by atoms with E-state index in [0.717, 1.165) is 34.2 Å². The van der Waals surface area contributed by atoms with Crippen molar-refractivity contribution in [2.75, 3.05) is 13.2 Å². The van der Waals surface area contributed by atoms with Crippen molar-refractivity contribution in [2.24, 2.45) is 0 Å². The molecule has 0 fully saturated rings. The number of aliphatic carboxylic acids is 1. The van der Waals surface area contributed by atoms with Crippen molar-refractivity contribution >= 4 is 41.5 Å². The summed E-state index contributed by atoms with van der Waals surface area (Å²) in [5, 5.41) is 22.5. The molecule has 228 valence electrons. The number of carboxylic acids is 1. The lowest BCUT2D eigenvalue weighted by Crippen LogP contribution is -2.45. The van der Waals surface area contributed by atoms with Gasteiger partial charge in [-0.2, -0.15) is 0 Å². The highest BCUT2D eigenvalue weighted by Crippen LogP contribution is 2.48. The summed E-state index contributed by atoms with van der Waals surface area (Å²) in [7, 11) is 0. The molecular weight excluding hydrogens is 599 g/mol. The number of hydrogen-bond acceptors (Lipinski definition) is 4. The van der Waals surface area contributed by atoms with Gasteiger partial charge in [-0.3, -0.25) is 14.4 Å². The predicted molar refractivity (Wildman–Crippen MR) is 172 cm³/mol. The largest absolute Gasteiger partial charge is 0.481 e. The first-order valence-corrected chi connectivity index (χ1v) is 15.0. The highest BCUT2D eigenvalue weighted by molar-refractivity contribution is 6.35. The lowest BCUT2D eigenvalue weighted by Gasteiger charge is -2.45. The molecule has 0 bridgehead atoms. The summed E-state index contributed by atoms with van der Waals surface area (Å²) in [5.41, 5.74) is 5.21. The average Bonchev–Trinajstić information content (AvgIpc) is 3.02. The molecule has 0 radical (unpaired) electrons. The third kappa shape index (κ3) is 7.85. The highest BCUT2D eigenvalue weighted by Gasteiger charge is 2.42. The Balaban J connectivity index is 0.000000249. The third-order valence-corrected chi connectivity index (χ3v) is 8.25. The summed E-state index contributed by atoms with van der Waals surface area (Å²) in [5.74, 6) is -0.955. The molecule has 1 aliphatic heterocycles. The number of benzene rings is 4. The second kappa shape index (κ2) is 15.5. The van der Waals surface area contributed by atoms with Crippen molar-refractivity contribution in [3.63, 3.8) is 0 Å². The quantitative estimate of drug-likeness (QED) is 0.134. The van der Waals surface area contributed by atoms with Crippen molar-refractivity contribution < 1.29 is 24.6 Å². The van der Waals surface area contributed by atoms with E-state index in [4.69, 9.17) is 28.3 Å². The van der Waals surface area contributed by atoms with Crippen LogP contribution >= 0.6 is 23.2 Å². The van der Waals surface area contributed by atoms with Gasteiger partial charge in [-0.25, -0.2) is 0 Å². The van der Waals surface area contributed by atoms with Crippen LogP contribution in [-0.2, 0) is 22.4 Å². The first kappa shape index (κ1) is 32.7. The van der Waals surface area contributed by atoms with Crippen LogP contribution in [0.3, 0.4) is 0 Å². The van der Waals surface area contributed by atoms with E-state index in [1.807, 2.05) is 72.8 Å². The van der Waals surface area contributed by atoms with Crippen molar-refractivity contribution in [1.29, 1.82) is 0 Å². The summed E-state index contributed by atoms with van der Waals surface area (Å²) in [4.78, 5) is 35.8. The second-order valence-electron chi connectivity index (χ2n) is 10.5. The van der Waals surface area contributed by atoms with E-state index in [0.29, 0.717) is 28.6 Å². The van der Waals surface area contributed by atoms with Gasteiger partial charge in [0.1, 0.15) is 0 Å². The fourth-order valence-corrected chi connectivity index (χ4v) is 6.08. The molecule has 4 aromatic carbocycles. The number of carboxylic acid groups (broad SMARTS) is 1. The number of rotatable bonds is 10. The predicted octanol–water partition coefficient (Wildman–Crippen LogP) is 6.63. The van der Waals surface area contributed by atoms with Crippen molar-refractivity contribution in [3.05, 3.63) is 140 Å². The molecule has 9 heteroatoms. The zero-order valence-electron chi connectivity index (χ0n) is 24.2. The van der Waals surface area contributed by atoms with Gasteiger partial charge in [0.05, 0.1) is 25.1 Å². The standard InChI is InChI=1S/C24H21Cl2NO2.C11H13NO3/c1-15-18-9-5-6-10-19(18)24(29)27(22(14-28)16-7-3-2-4-8-16)23(15)20-12-11-17(25)13-21(20)26;13-8-12-6-5-9-1-3-10(4-2-9)7-11(14)15/h2-13,15,22-23,28H,14H2,1H3;1-4,8H,5-7H2,(H,12,13)(H,14,15)/t15?,22-,23+;/m1./s1. The Morgan fingerprint density at radius 1 is 0.932 bits per heavy atom. The molecule has 1 aliphatic rings. The van der Waals surface area contributed by atoms with Gasteiger partial charge in [0, 0.05) is 28.1 Å². The van der Waals surface area contributed by atoms with Gasteiger partial charge in [-0.1, -0.05) is 109 Å². The van der Waals surface area contributed by atoms with Crippen LogP contribution in [0.4, 0.5) is 0 Å². The topological polar surface area (TPSA) is 107 Å². The van der Waals surface area contributed by atoms with Crippen molar-refractivity contribution in [2.45, 2.75) is 37.8 Å². The number of aliphatic hydroxyl groups excluding tert-OH is 1. The summed E-state index contributed by atoms with van der Waals surface area (Å²) in [6.07, 6.45) is 1.47. The number of hydrogen-bond donors (Lipinski definition) is 3. The average molecular weight is 634 g/mol. The Morgan fingerprint density at radius 3 is 2.23 bits per heavy atom. The van der Waals surface area contributed by atoms with E-state index < -0.39 is 12.0 Å². The number of carbonyl (C=O) groups excluding carboxylic acids is 2. The molecule has 5 rings (SSSR count). The summed E-state index contributed by atoms with van der Waals surface area (Å²) >= 11 is 12.7. The number of nitrogens with one attached hydrogen (secondary N) is 1. The Hall–Kier alpha value is -4.17. The van der Waals surface area contributed by atoms with E-state index in [1.165, 1.54) is 0 Å². The van der Waals surface area contributed by atoms with Crippen molar-refractivity contribution in [1.82, 2.24) is 10.2 Å². The summed E-state index contributed by atoms with van der Waals surface area (Å²) in [6, 6.07) is 29.1. The number of carbonyl (C=O) groups is 3. The van der Waals surface area contributed by atoms with Gasteiger partial charge in [0.25, 0.3) is 5.91 Å². The van der Waals surface area contributed by atoms with Crippen LogP contribution in [0.1, 0.15) is 63.1 Å². The number of fused-ring (bicyclic) bond motifs is 1. The highest BCUT2D eigenvalue weighted by atomic mass is 35.5. The molecule has 0 aliphatic carbocycles. The van der Waals surface area contributed by atoms with Crippen LogP contribution in [0.2, 0.25) is 10.0 Å². The molecular formula is C35H34Cl2N2O5. The number of halogens is 2. The van der Waals surface area contributed by atoms with E-state index >= 15 is 0 Å². The molecule has 0 spiro atoms. The molecule has 44 heavy (non-hydrogen) atoms. The Kier molecular flexibility index (Phi) is 11.6. The van der Waals surface area contributed by atoms with E-state index in [9.17, 15) is 19.5 Å². The molecule has 0 saturated heterocycles. The van der Waals surface area contributed by atoms with Crippen LogP contribution in [0.5, 0.6) is 0 Å². The van der Waals surface area contributed by atoms with Crippen LogP contribution < -0.4 is 5.32 Å². The van der Waals surface area contributed by atoms with E-state index in [1.54, 1.807) is 29.2 Å². The first-order chi connectivity index (χ1) is 21.2. The summed E-state index contributed by atoms with van der Waals surface area (Å²) < 4.78 is 0. The molecule has 3 N–H and O–H groups in total. The van der Waals surface area contributed by atoms with Gasteiger partial charge >= 0.3 is 5.97 Å². The van der Waals surface area contributed by atoms with Crippen LogP contribution in [0, 0.1) is 0 Å². The molecule has 7 nitrogen and oxygen atoms in total. The first-order valence-electron chi connectivity index (χ1n) is 14.2. The molecule has 4 aromatic rings. The fourth-order valence-electron chi connectivity index (χ4n) is 5.56. The Labute approximate surface area is 267 Å². The Morgan fingerprint density at radius 2 is 1.59 bits per heavy atom. The number of amides is 2. The zero-order valence-corrected chi connectivity index (χ0v) is 25.7. The number of nitrogens with zero attached hydrogens (tertiary/aromatic N) is 1. The molecule has 0 aromatic heterocycles. The zero-order chi connectivity index (χ0) is 31.6. The van der Waals surface area contributed by atoms with E-state index in [-0.39, 0.29) is 30.9 Å². The monoisotopic (exact) mass is 632 g/mol. The fraction of sp³-hybridized carbons (Fsp3) is 0.229. The summed E-state index contributed by atoms with van der Waals surface area (Å²) in [6.45, 7) is 2.50. The molecule has 3 atom stereocenters. The second-order valence-corrected chi connectivity index (χ2v) is 11.4. The van der Waals surface area contributed by atoms with Gasteiger partial charge in [0.15, 0.2) is 0 Å². The SMILES string of the molecule is CC1c2ccccc2C(=O)N([C@H](CO)c2ccccc2)[C@@H]1c1ccc(Cl)cc1Cl.O=CNCCc1ccc(CC(=O)O)cc1. The Bertz CT molecular complexity index is 1580. The number of aliphatic hydroxyl groups is 1. The normalized spacial score (nSPS) is 16.3. The molecule has 1 heterocycles. The minimum absolute atomic E-state index is 0.0136. The molecule has 0 saturated carbocycles. The maximum atomic E-state index is 13.6. The van der Waals surface area contributed by atoms with Crippen LogP contribution in [0.25, 0.3) is 0 Å². The third-order valence-electron chi connectivity index (χ3n) is 7.68. The lowest BCUT2D eigenvalue weighted by atomic mass is 9.79. The van der Waals surface area contributed by atoms with E-state index in [2.05, 4.69) is 12.2 Å². The minimum atomic E-state index is -0.828. The van der Waals surface area contributed by atoms with Gasteiger partial charge in [0.2, 0.25) is 6.41 Å². The van der Waals surface area contributed by atoms with Gasteiger partial charge < -0.3 is 20.4 Å². The van der Waals surface area contributed by atoms with Crippen LogP contribution in [-0.4, -0.2) is 46.6 Å². The van der Waals surface area contributed by atoms with Gasteiger partial charge in [-0.15, -0.1) is 0 Å². The maximum absolute atomic E-state index is 13.6. The maximum Gasteiger partial charge on any atom is 0.307 e. The smallest absolute Gasteiger partial charge is 0.307 e. The van der Waals surface area contributed by atoms with Gasteiger partial charge in [-0.05, 0) is 52.4 Å². The van der Waals surface area contributed by atoms with Crippen molar-refractivity contribution in [3.8, 4) is 0 Å². The molecule has 1 unspecified atom stereocenters. The lowest BCUT2D eigenvalue weighted by molar-refractivity contribution is -0.136. The van der Waals surface area contributed by atoms with Crippen LogP contribution in [0.15, 0.2) is 97.1 Å². The molecule has 2 amide bonds.